The molecule has 2 unspecified atom stereocenters. The lowest BCUT2D eigenvalue weighted by Gasteiger charge is -2.35. The molecule has 0 spiro atoms. The van der Waals surface area contributed by atoms with E-state index in [1.165, 1.54) is 0 Å². The smallest absolute Gasteiger partial charge is 0.408 e. The molecule has 0 bridgehead atoms. The van der Waals surface area contributed by atoms with Crippen molar-refractivity contribution in [2.24, 2.45) is 5.41 Å². The number of amides is 2. The highest BCUT2D eigenvalue weighted by Gasteiger charge is 2.41. The van der Waals surface area contributed by atoms with Crippen molar-refractivity contribution >= 4 is 27.9 Å². The molecule has 2 atom stereocenters. The van der Waals surface area contributed by atoms with Crippen molar-refractivity contribution in [3.63, 3.8) is 0 Å². The number of hydrogen-bond acceptors (Lipinski definition) is 4. The van der Waals surface area contributed by atoms with E-state index in [4.69, 9.17) is 9.72 Å². The Balaban J connectivity index is 1.80. The molecule has 0 aliphatic carbocycles. The molecular weight excluding hydrogens is 472 g/mol. The summed E-state index contributed by atoms with van der Waals surface area (Å²) in [5.41, 5.74) is 0.729. The van der Waals surface area contributed by atoms with Crippen molar-refractivity contribution in [2.75, 3.05) is 6.54 Å². The van der Waals surface area contributed by atoms with Gasteiger partial charge < -0.3 is 19.9 Å². The number of H-pyrrole nitrogens is 1. The predicted molar refractivity (Wildman–Crippen MR) is 128 cm³/mol. The summed E-state index contributed by atoms with van der Waals surface area (Å²) >= 11 is 3.45. The molecule has 8 heteroatoms. The van der Waals surface area contributed by atoms with Crippen molar-refractivity contribution in [1.29, 1.82) is 0 Å². The van der Waals surface area contributed by atoms with E-state index in [0.717, 1.165) is 34.4 Å². The third kappa shape index (κ3) is 5.91. The first-order valence-electron chi connectivity index (χ1n) is 11.0. The van der Waals surface area contributed by atoms with Gasteiger partial charge in [-0.05, 0) is 51.2 Å². The fourth-order valence-corrected chi connectivity index (χ4v) is 4.09. The van der Waals surface area contributed by atoms with Gasteiger partial charge in [-0.15, -0.1) is 0 Å². The summed E-state index contributed by atoms with van der Waals surface area (Å²) in [6, 6.07) is 7.09. The second-order valence-electron chi connectivity index (χ2n) is 10.3. The van der Waals surface area contributed by atoms with E-state index < -0.39 is 23.2 Å². The maximum absolute atomic E-state index is 13.6. The van der Waals surface area contributed by atoms with E-state index in [2.05, 4.69) is 26.2 Å². The number of benzene rings is 1. The number of carbonyl (C=O) groups excluding carboxylic acids is 2. The third-order valence-corrected chi connectivity index (χ3v) is 5.89. The number of imidazole rings is 1. The van der Waals surface area contributed by atoms with Gasteiger partial charge in [-0.1, -0.05) is 48.8 Å². The van der Waals surface area contributed by atoms with E-state index >= 15 is 0 Å². The van der Waals surface area contributed by atoms with Crippen molar-refractivity contribution in [1.82, 2.24) is 20.2 Å². The van der Waals surface area contributed by atoms with Gasteiger partial charge in [0.1, 0.15) is 17.5 Å². The molecular formula is C24H33BrN4O3. The zero-order chi connectivity index (χ0) is 23.7. The predicted octanol–water partition coefficient (Wildman–Crippen LogP) is 5.44. The Bertz CT molecular complexity index is 957. The molecule has 0 radical (unpaired) electrons. The van der Waals surface area contributed by atoms with Gasteiger partial charge in [0, 0.05) is 22.8 Å². The van der Waals surface area contributed by atoms with Gasteiger partial charge in [0.2, 0.25) is 5.91 Å². The molecule has 1 aromatic heterocycles. The number of carbonyl (C=O) groups is 2. The van der Waals surface area contributed by atoms with Crippen LogP contribution in [0.1, 0.15) is 66.3 Å². The van der Waals surface area contributed by atoms with Crippen molar-refractivity contribution in [2.45, 2.75) is 72.1 Å². The highest BCUT2D eigenvalue weighted by atomic mass is 79.9. The van der Waals surface area contributed by atoms with Crippen molar-refractivity contribution in [3.8, 4) is 11.3 Å². The Hall–Kier alpha value is -2.35. The van der Waals surface area contributed by atoms with Crippen LogP contribution >= 0.6 is 15.9 Å². The Labute approximate surface area is 198 Å². The standard InChI is InChI=1S/C24H33BrN4O3/c1-23(2,3)19(28-22(31)32-24(4,5)6)21(30)29-13-7-8-18(29)20-26-14-17(27-20)15-9-11-16(25)12-10-15/h9-12,14,18-19H,7-8,13H2,1-6H3,(H,26,27)(H,28,31). The average molecular weight is 505 g/mol. The Morgan fingerprint density at radius 2 is 1.84 bits per heavy atom. The number of rotatable bonds is 4. The molecule has 2 aromatic rings. The van der Waals surface area contributed by atoms with E-state index in [1.807, 2.05) is 56.1 Å². The topological polar surface area (TPSA) is 87.3 Å². The summed E-state index contributed by atoms with van der Waals surface area (Å²) in [7, 11) is 0. The Morgan fingerprint density at radius 3 is 2.44 bits per heavy atom. The minimum absolute atomic E-state index is 0.118. The van der Waals surface area contributed by atoms with Gasteiger partial charge in [-0.2, -0.15) is 0 Å². The molecule has 1 fully saturated rings. The molecule has 1 saturated heterocycles. The second-order valence-corrected chi connectivity index (χ2v) is 11.2. The number of ether oxygens (including phenoxy) is 1. The van der Waals surface area contributed by atoms with E-state index in [1.54, 1.807) is 20.8 Å². The maximum atomic E-state index is 13.6. The number of aromatic amines is 1. The Morgan fingerprint density at radius 1 is 1.19 bits per heavy atom. The Kier molecular flexibility index (Phi) is 7.03. The minimum atomic E-state index is -0.709. The second kappa shape index (κ2) is 9.25. The lowest BCUT2D eigenvalue weighted by atomic mass is 9.85. The first kappa shape index (κ1) is 24.3. The molecule has 1 aliphatic rings. The number of likely N-dealkylation sites (tertiary alicyclic amines) is 1. The zero-order valence-electron chi connectivity index (χ0n) is 19.7. The lowest BCUT2D eigenvalue weighted by Crippen LogP contribution is -2.55. The van der Waals surface area contributed by atoms with Crippen LogP contribution in [0.4, 0.5) is 4.79 Å². The monoisotopic (exact) mass is 504 g/mol. The summed E-state index contributed by atoms with van der Waals surface area (Å²) in [6.07, 6.45) is 2.99. The molecule has 7 nitrogen and oxygen atoms in total. The zero-order valence-corrected chi connectivity index (χ0v) is 21.2. The average Bonchev–Trinajstić information content (AvgIpc) is 3.33. The number of halogens is 1. The van der Waals surface area contributed by atoms with Crippen LogP contribution in [-0.2, 0) is 9.53 Å². The first-order valence-corrected chi connectivity index (χ1v) is 11.8. The highest BCUT2D eigenvalue weighted by Crippen LogP contribution is 2.34. The van der Waals surface area contributed by atoms with Gasteiger partial charge in [-0.3, -0.25) is 4.79 Å². The summed E-state index contributed by atoms with van der Waals surface area (Å²) in [4.78, 5) is 35.9. The lowest BCUT2D eigenvalue weighted by molar-refractivity contribution is -0.137. The van der Waals surface area contributed by atoms with Gasteiger partial charge >= 0.3 is 6.09 Å². The SMILES string of the molecule is CC(C)(C)OC(=O)NC(C(=O)N1CCCC1c1nc(-c2ccc(Br)cc2)c[nH]1)C(C)(C)C. The summed E-state index contributed by atoms with van der Waals surface area (Å²) < 4.78 is 6.42. The van der Waals surface area contributed by atoms with Gasteiger partial charge in [0.15, 0.2) is 0 Å². The number of hydrogen-bond donors (Lipinski definition) is 2. The third-order valence-electron chi connectivity index (χ3n) is 5.36. The number of alkyl carbamates (subject to hydrolysis) is 1. The molecule has 174 valence electrons. The van der Waals surface area contributed by atoms with Crippen LogP contribution in [0.15, 0.2) is 34.9 Å². The molecule has 1 aromatic carbocycles. The van der Waals surface area contributed by atoms with Crippen LogP contribution in [0.3, 0.4) is 0 Å². The quantitative estimate of drug-likeness (QED) is 0.579. The van der Waals surface area contributed by atoms with Gasteiger partial charge in [-0.25, -0.2) is 9.78 Å². The van der Waals surface area contributed by atoms with Crippen LogP contribution < -0.4 is 5.32 Å². The molecule has 2 heterocycles. The van der Waals surface area contributed by atoms with E-state index in [-0.39, 0.29) is 11.9 Å². The van der Waals surface area contributed by atoms with Crippen molar-refractivity contribution < 1.29 is 14.3 Å². The van der Waals surface area contributed by atoms with E-state index in [0.29, 0.717) is 6.54 Å². The molecule has 0 saturated carbocycles. The maximum Gasteiger partial charge on any atom is 0.408 e. The van der Waals surface area contributed by atoms with Crippen LogP contribution in [0.25, 0.3) is 11.3 Å². The van der Waals surface area contributed by atoms with Crippen LogP contribution in [-0.4, -0.2) is 45.1 Å². The molecule has 2 amide bonds. The van der Waals surface area contributed by atoms with Gasteiger partial charge in [0.25, 0.3) is 0 Å². The van der Waals surface area contributed by atoms with Crippen LogP contribution in [0.2, 0.25) is 0 Å². The van der Waals surface area contributed by atoms with E-state index in [9.17, 15) is 9.59 Å². The number of nitrogens with zero attached hydrogens (tertiary/aromatic N) is 2. The summed E-state index contributed by atoms with van der Waals surface area (Å²) in [6.45, 7) is 11.9. The summed E-state index contributed by atoms with van der Waals surface area (Å²) in [5.74, 6) is 0.645. The number of nitrogens with one attached hydrogen (secondary N) is 2. The highest BCUT2D eigenvalue weighted by molar-refractivity contribution is 9.10. The molecule has 3 rings (SSSR count). The minimum Gasteiger partial charge on any atom is -0.444 e. The summed E-state index contributed by atoms with van der Waals surface area (Å²) in [5, 5.41) is 2.81. The first-order chi connectivity index (χ1) is 14.8. The number of aromatic nitrogens is 2. The molecule has 2 N–H and O–H groups in total. The van der Waals surface area contributed by atoms with Crippen molar-refractivity contribution in [3.05, 3.63) is 40.8 Å². The van der Waals surface area contributed by atoms with Crippen LogP contribution in [0, 0.1) is 5.41 Å². The fourth-order valence-electron chi connectivity index (χ4n) is 3.83. The normalized spacial score (nSPS) is 17.8. The molecule has 1 aliphatic heterocycles. The van der Waals surface area contributed by atoms with Gasteiger partial charge in [0.05, 0.1) is 11.7 Å². The molecule has 32 heavy (non-hydrogen) atoms. The van der Waals surface area contributed by atoms with Crippen LogP contribution in [0.5, 0.6) is 0 Å². The fraction of sp³-hybridized carbons (Fsp3) is 0.542. The largest absolute Gasteiger partial charge is 0.444 e.